The van der Waals surface area contributed by atoms with Crippen LogP contribution in [0.1, 0.15) is 23.8 Å². The molecule has 6 nitrogen and oxygen atoms in total. The number of aryl methyl sites for hydroxylation is 1. The summed E-state index contributed by atoms with van der Waals surface area (Å²) in [5, 5.41) is 6.36. The van der Waals surface area contributed by atoms with E-state index in [4.69, 9.17) is 4.42 Å². The van der Waals surface area contributed by atoms with Crippen LogP contribution in [-0.4, -0.2) is 27.2 Å². The Morgan fingerprint density at radius 1 is 1.25 bits per heavy atom. The Balaban J connectivity index is 2.06. The number of benzene rings is 1. The van der Waals surface area contributed by atoms with Crippen LogP contribution >= 0.6 is 0 Å². The molecule has 1 aromatic heterocycles. The van der Waals surface area contributed by atoms with E-state index in [1.165, 1.54) is 6.26 Å². The van der Waals surface area contributed by atoms with Crippen LogP contribution in [0.5, 0.6) is 0 Å². The quantitative estimate of drug-likeness (QED) is 0.617. The van der Waals surface area contributed by atoms with Gasteiger partial charge in [0.25, 0.3) is 0 Å². The molecule has 0 atom stereocenters. The molecule has 24 heavy (non-hydrogen) atoms. The van der Waals surface area contributed by atoms with Gasteiger partial charge in [0, 0.05) is 12.8 Å². The summed E-state index contributed by atoms with van der Waals surface area (Å²) in [7, 11) is -3.19. The van der Waals surface area contributed by atoms with Crippen molar-refractivity contribution in [3.63, 3.8) is 0 Å². The number of sulfone groups is 1. The molecule has 0 spiro atoms. The Bertz CT molecular complexity index is 796. The van der Waals surface area contributed by atoms with Gasteiger partial charge in [0.1, 0.15) is 5.76 Å². The first-order valence-corrected chi connectivity index (χ1v) is 9.63. The van der Waals surface area contributed by atoms with Crippen LogP contribution in [-0.2, 0) is 22.9 Å². The third-order valence-corrected chi connectivity index (χ3v) is 4.67. The van der Waals surface area contributed by atoms with E-state index in [9.17, 15) is 8.42 Å². The largest absolute Gasteiger partial charge is 0.467 e. The van der Waals surface area contributed by atoms with E-state index in [1.807, 2.05) is 25.1 Å². The van der Waals surface area contributed by atoms with Crippen LogP contribution in [0.4, 0.5) is 0 Å². The van der Waals surface area contributed by atoms with Crippen molar-refractivity contribution in [2.24, 2.45) is 4.99 Å². The summed E-state index contributed by atoms with van der Waals surface area (Å²) in [5.74, 6) is 1.51. The summed E-state index contributed by atoms with van der Waals surface area (Å²) in [5.41, 5.74) is 1.69. The second-order valence-electron chi connectivity index (χ2n) is 5.50. The van der Waals surface area contributed by atoms with E-state index < -0.39 is 9.84 Å². The lowest BCUT2D eigenvalue weighted by Crippen LogP contribution is -2.36. The molecule has 0 radical (unpaired) electrons. The number of hydrogen-bond acceptors (Lipinski definition) is 4. The number of nitrogens with zero attached hydrogens (tertiary/aromatic N) is 1. The Hall–Kier alpha value is -2.28. The van der Waals surface area contributed by atoms with E-state index >= 15 is 0 Å². The van der Waals surface area contributed by atoms with E-state index in [2.05, 4.69) is 15.6 Å². The zero-order valence-electron chi connectivity index (χ0n) is 14.2. The summed E-state index contributed by atoms with van der Waals surface area (Å²) in [6.45, 7) is 5.54. The van der Waals surface area contributed by atoms with Gasteiger partial charge in [-0.3, -0.25) is 0 Å². The molecule has 2 rings (SSSR count). The minimum atomic E-state index is -3.19. The number of guanidine groups is 1. The average molecular weight is 349 g/mol. The van der Waals surface area contributed by atoms with Gasteiger partial charge in [-0.1, -0.05) is 12.1 Å². The van der Waals surface area contributed by atoms with E-state index in [-0.39, 0.29) is 0 Å². The lowest BCUT2D eigenvalue weighted by Gasteiger charge is -2.11. The summed E-state index contributed by atoms with van der Waals surface area (Å²) < 4.78 is 28.6. The maximum Gasteiger partial charge on any atom is 0.191 e. The molecule has 0 aliphatic carbocycles. The molecule has 7 heteroatoms. The van der Waals surface area contributed by atoms with E-state index in [0.717, 1.165) is 23.4 Å². The molecule has 0 bridgehead atoms. The minimum Gasteiger partial charge on any atom is -0.467 e. The third-order valence-electron chi connectivity index (χ3n) is 3.41. The Labute approximate surface area is 142 Å². The number of nitrogens with one attached hydrogen (secondary N) is 2. The molecule has 2 aromatic rings. The second kappa shape index (κ2) is 8.01. The van der Waals surface area contributed by atoms with Gasteiger partial charge < -0.3 is 15.1 Å². The number of rotatable bonds is 6. The lowest BCUT2D eigenvalue weighted by atomic mass is 10.1. The van der Waals surface area contributed by atoms with Crippen LogP contribution < -0.4 is 10.6 Å². The van der Waals surface area contributed by atoms with Gasteiger partial charge in [-0.2, -0.15) is 0 Å². The van der Waals surface area contributed by atoms with Crippen LogP contribution in [0.2, 0.25) is 0 Å². The van der Waals surface area contributed by atoms with Crippen LogP contribution in [0.3, 0.4) is 0 Å². The van der Waals surface area contributed by atoms with Gasteiger partial charge >= 0.3 is 0 Å². The molecule has 130 valence electrons. The molecule has 0 unspecified atom stereocenters. The predicted octanol–water partition coefficient (Wildman–Crippen LogP) is 2.25. The third kappa shape index (κ3) is 5.13. The molecule has 0 aliphatic heterocycles. The minimum absolute atomic E-state index is 0.359. The summed E-state index contributed by atoms with van der Waals surface area (Å²) in [4.78, 5) is 4.88. The standard InChI is InChI=1S/C17H23N3O3S/c1-4-18-17(20-12-15-6-5-9-23-15)19-11-14-7-8-16(13(2)10-14)24(3,21)22/h5-10H,4,11-12H2,1-3H3,(H2,18,19,20). The van der Waals surface area contributed by atoms with E-state index in [1.54, 1.807) is 25.3 Å². The molecule has 0 aliphatic rings. The zero-order valence-corrected chi connectivity index (χ0v) is 15.0. The molecule has 0 fully saturated rings. The molecular formula is C17H23N3O3S. The summed E-state index contributed by atoms with van der Waals surface area (Å²) in [6.07, 6.45) is 2.85. The van der Waals surface area contributed by atoms with Gasteiger partial charge in [-0.25, -0.2) is 13.4 Å². The maximum atomic E-state index is 11.7. The fourth-order valence-corrected chi connectivity index (χ4v) is 3.28. The summed E-state index contributed by atoms with van der Waals surface area (Å²) in [6, 6.07) is 9.02. The Kier molecular flexibility index (Phi) is 6.03. The monoisotopic (exact) mass is 349 g/mol. The fraction of sp³-hybridized carbons (Fsp3) is 0.353. The highest BCUT2D eigenvalue weighted by Gasteiger charge is 2.10. The zero-order chi connectivity index (χ0) is 17.6. The van der Waals surface area contributed by atoms with Gasteiger partial charge in [0.15, 0.2) is 15.8 Å². The molecule has 0 amide bonds. The molecule has 1 aromatic carbocycles. The smallest absolute Gasteiger partial charge is 0.191 e. The summed E-state index contributed by atoms with van der Waals surface area (Å²) >= 11 is 0. The highest BCUT2D eigenvalue weighted by Crippen LogP contribution is 2.17. The second-order valence-corrected chi connectivity index (χ2v) is 7.48. The molecule has 2 N–H and O–H groups in total. The van der Waals surface area contributed by atoms with Crippen molar-refractivity contribution in [3.05, 3.63) is 53.5 Å². The van der Waals surface area contributed by atoms with Crippen LogP contribution in [0.15, 0.2) is 50.9 Å². The average Bonchev–Trinajstić information content (AvgIpc) is 3.02. The number of hydrogen-bond donors (Lipinski definition) is 2. The fourth-order valence-electron chi connectivity index (χ4n) is 2.32. The molecule has 1 heterocycles. The van der Waals surface area contributed by atoms with Gasteiger partial charge in [-0.15, -0.1) is 0 Å². The predicted molar refractivity (Wildman–Crippen MR) is 94.7 cm³/mol. The topological polar surface area (TPSA) is 83.7 Å². The first kappa shape index (κ1) is 18.1. The SMILES string of the molecule is CCNC(=NCc1ccc(S(C)(=O)=O)c(C)c1)NCc1ccco1. The molecule has 0 saturated carbocycles. The van der Waals surface area contributed by atoms with Crippen LogP contribution in [0, 0.1) is 6.92 Å². The highest BCUT2D eigenvalue weighted by molar-refractivity contribution is 7.90. The van der Waals surface area contributed by atoms with Crippen molar-refractivity contribution in [1.29, 1.82) is 0 Å². The molecular weight excluding hydrogens is 326 g/mol. The molecule has 0 saturated heterocycles. The van der Waals surface area contributed by atoms with Gasteiger partial charge in [-0.05, 0) is 43.2 Å². The number of furan rings is 1. The van der Waals surface area contributed by atoms with Crippen molar-refractivity contribution in [1.82, 2.24) is 10.6 Å². The van der Waals surface area contributed by atoms with Gasteiger partial charge in [0.2, 0.25) is 0 Å². The van der Waals surface area contributed by atoms with Gasteiger partial charge in [0.05, 0.1) is 24.2 Å². The normalized spacial score (nSPS) is 12.2. The first-order chi connectivity index (χ1) is 11.4. The number of aliphatic imine (C=N–C) groups is 1. The Morgan fingerprint density at radius 2 is 2.04 bits per heavy atom. The lowest BCUT2D eigenvalue weighted by molar-refractivity contribution is 0.501. The highest BCUT2D eigenvalue weighted by atomic mass is 32.2. The maximum absolute atomic E-state index is 11.7. The van der Waals surface area contributed by atoms with Crippen molar-refractivity contribution in [2.75, 3.05) is 12.8 Å². The van der Waals surface area contributed by atoms with Crippen molar-refractivity contribution in [3.8, 4) is 0 Å². The van der Waals surface area contributed by atoms with Crippen molar-refractivity contribution >= 4 is 15.8 Å². The first-order valence-electron chi connectivity index (χ1n) is 7.74. The Morgan fingerprint density at radius 3 is 2.62 bits per heavy atom. The van der Waals surface area contributed by atoms with Crippen LogP contribution in [0.25, 0.3) is 0 Å². The van der Waals surface area contributed by atoms with E-state index in [0.29, 0.717) is 23.9 Å². The van der Waals surface area contributed by atoms with Crippen molar-refractivity contribution in [2.45, 2.75) is 31.8 Å². The van der Waals surface area contributed by atoms with Crippen molar-refractivity contribution < 1.29 is 12.8 Å².